The minimum absolute atomic E-state index is 0.764. The first kappa shape index (κ1) is 15.4. The smallest absolute Gasteiger partial charge is 0.0263 e. The summed E-state index contributed by atoms with van der Waals surface area (Å²) < 4.78 is 0. The van der Waals surface area contributed by atoms with E-state index in [9.17, 15) is 0 Å². The number of hydrogen-bond donors (Lipinski definition) is 0. The van der Waals surface area contributed by atoms with Gasteiger partial charge >= 0.3 is 0 Å². The molecule has 0 nitrogen and oxygen atoms in total. The van der Waals surface area contributed by atoms with Crippen LogP contribution in [-0.2, 0) is 0 Å². The van der Waals surface area contributed by atoms with Crippen LogP contribution in [-0.4, -0.2) is 0 Å². The van der Waals surface area contributed by atoms with E-state index in [4.69, 9.17) is 0 Å². The van der Waals surface area contributed by atoms with E-state index in [-0.39, 0.29) is 0 Å². The van der Waals surface area contributed by atoms with E-state index in [1.54, 1.807) is 0 Å². The Morgan fingerprint density at radius 1 is 1.24 bits per heavy atom. The summed E-state index contributed by atoms with van der Waals surface area (Å²) in [7, 11) is 0. The zero-order valence-electron chi connectivity index (χ0n) is 11.3. The molecule has 1 rings (SSSR count). The molecule has 1 aromatic rings. The van der Waals surface area contributed by atoms with Crippen LogP contribution in [0.4, 0.5) is 0 Å². The van der Waals surface area contributed by atoms with E-state index in [1.807, 2.05) is 43.3 Å². The number of benzene rings is 1. The molecule has 1 aromatic carbocycles. The van der Waals surface area contributed by atoms with E-state index in [2.05, 4.69) is 39.2 Å². The van der Waals surface area contributed by atoms with E-state index in [1.165, 1.54) is 5.56 Å². The quantitative estimate of drug-likeness (QED) is 0.597. The van der Waals surface area contributed by atoms with Crippen LogP contribution in [0.3, 0.4) is 0 Å². The van der Waals surface area contributed by atoms with Crippen LogP contribution in [0.5, 0.6) is 0 Å². The third-order valence-corrected chi connectivity index (χ3v) is 2.05. The Bertz CT molecular complexity index is 342. The fourth-order valence-electron chi connectivity index (χ4n) is 1.13. The van der Waals surface area contributed by atoms with Gasteiger partial charge in [0.1, 0.15) is 0 Å². The Balaban J connectivity index is 0.000000302. The number of allylic oxidation sites excluding steroid dienone is 3. The molecule has 0 atom stereocenters. The largest absolute Gasteiger partial charge is 0.0985 e. The van der Waals surface area contributed by atoms with Crippen molar-refractivity contribution in [2.45, 2.75) is 27.2 Å². The van der Waals surface area contributed by atoms with Crippen molar-refractivity contribution in [1.82, 2.24) is 0 Å². The molecule has 0 aliphatic rings. The number of hydrogen-bond acceptors (Lipinski definition) is 0. The Kier molecular flexibility index (Phi) is 8.77. The second kappa shape index (κ2) is 9.65. The van der Waals surface area contributed by atoms with Crippen LogP contribution in [0, 0.1) is 5.92 Å². The molecule has 0 amide bonds. The Hall–Kier alpha value is -1.56. The zero-order chi connectivity index (χ0) is 13.1. The van der Waals surface area contributed by atoms with Crippen LogP contribution < -0.4 is 0 Å². The summed E-state index contributed by atoms with van der Waals surface area (Å²) in [5.74, 6) is 0.764. The summed E-state index contributed by atoms with van der Waals surface area (Å²) in [6, 6.07) is 10.0. The Morgan fingerprint density at radius 2 is 1.82 bits per heavy atom. The topological polar surface area (TPSA) is 0 Å². The van der Waals surface area contributed by atoms with Crippen molar-refractivity contribution in [2.24, 2.45) is 5.92 Å². The Labute approximate surface area is 106 Å². The van der Waals surface area contributed by atoms with Crippen molar-refractivity contribution in [2.75, 3.05) is 0 Å². The summed E-state index contributed by atoms with van der Waals surface area (Å²) in [5.41, 5.74) is 2.31. The van der Waals surface area contributed by atoms with Gasteiger partial charge in [-0.05, 0) is 24.8 Å². The van der Waals surface area contributed by atoms with E-state index < -0.39 is 0 Å². The lowest BCUT2D eigenvalue weighted by atomic mass is 10.1. The van der Waals surface area contributed by atoms with Crippen LogP contribution in [0.25, 0.3) is 6.08 Å². The van der Waals surface area contributed by atoms with E-state index in [0.29, 0.717) is 0 Å². The molecule has 17 heavy (non-hydrogen) atoms. The highest BCUT2D eigenvalue weighted by Crippen LogP contribution is 2.01. The van der Waals surface area contributed by atoms with Gasteiger partial charge in [-0.1, -0.05) is 81.1 Å². The normalized spacial score (nSPS) is 9.88. The molecule has 0 spiro atoms. The van der Waals surface area contributed by atoms with Crippen LogP contribution in [0.2, 0.25) is 0 Å². The van der Waals surface area contributed by atoms with Gasteiger partial charge in [0.2, 0.25) is 0 Å². The highest BCUT2D eigenvalue weighted by molar-refractivity contribution is 5.45. The molecule has 0 heterocycles. The minimum Gasteiger partial charge on any atom is -0.0985 e. The molecule has 0 saturated heterocycles. The van der Waals surface area contributed by atoms with Gasteiger partial charge in [-0.25, -0.2) is 0 Å². The monoisotopic (exact) mass is 228 g/mol. The fourth-order valence-corrected chi connectivity index (χ4v) is 1.13. The predicted molar refractivity (Wildman–Crippen MR) is 79.9 cm³/mol. The molecule has 0 aliphatic heterocycles. The first-order valence-electron chi connectivity index (χ1n) is 6.05. The molecule has 0 saturated carbocycles. The minimum atomic E-state index is 0.764. The van der Waals surface area contributed by atoms with Gasteiger partial charge < -0.3 is 0 Å². The average Bonchev–Trinajstić information content (AvgIpc) is 2.30. The van der Waals surface area contributed by atoms with Crippen molar-refractivity contribution in [3.63, 3.8) is 0 Å². The molecule has 0 N–H and O–H groups in total. The molecule has 0 aliphatic carbocycles. The molecule has 0 aromatic heterocycles. The van der Waals surface area contributed by atoms with Gasteiger partial charge in [-0.15, -0.1) is 0 Å². The second-order valence-electron chi connectivity index (χ2n) is 4.49. The summed E-state index contributed by atoms with van der Waals surface area (Å²) in [6.45, 7) is 13.8. The second-order valence-corrected chi connectivity index (χ2v) is 4.49. The molecule has 0 heteroatoms. The zero-order valence-corrected chi connectivity index (χ0v) is 11.3. The van der Waals surface area contributed by atoms with Crippen LogP contribution in [0.1, 0.15) is 32.8 Å². The molecular weight excluding hydrogens is 204 g/mol. The molecular formula is C17H24. The van der Waals surface area contributed by atoms with E-state index in [0.717, 1.165) is 17.9 Å². The summed E-state index contributed by atoms with van der Waals surface area (Å²) in [6.07, 6.45) is 7.24. The first-order chi connectivity index (χ1) is 8.06. The maximum absolute atomic E-state index is 3.77. The lowest BCUT2D eigenvalue weighted by Crippen LogP contribution is -1.80. The maximum atomic E-state index is 3.77. The van der Waals surface area contributed by atoms with Crippen molar-refractivity contribution in [1.29, 1.82) is 0 Å². The molecule has 92 valence electrons. The van der Waals surface area contributed by atoms with Crippen molar-refractivity contribution < 1.29 is 0 Å². The highest BCUT2D eigenvalue weighted by atomic mass is 13.9. The lowest BCUT2D eigenvalue weighted by molar-refractivity contribution is 0.663. The predicted octanol–water partition coefficient (Wildman–Crippen LogP) is 5.49. The first-order valence-corrected chi connectivity index (χ1v) is 6.05. The van der Waals surface area contributed by atoms with Gasteiger partial charge in [0, 0.05) is 0 Å². The van der Waals surface area contributed by atoms with Gasteiger partial charge in [0.05, 0.1) is 0 Å². The third-order valence-electron chi connectivity index (χ3n) is 2.05. The van der Waals surface area contributed by atoms with Gasteiger partial charge in [-0.2, -0.15) is 0 Å². The fraction of sp³-hybridized carbons (Fsp3) is 0.294. The van der Waals surface area contributed by atoms with Crippen molar-refractivity contribution in [3.8, 4) is 0 Å². The van der Waals surface area contributed by atoms with Crippen molar-refractivity contribution in [3.05, 3.63) is 66.8 Å². The molecule has 0 radical (unpaired) electrons. The van der Waals surface area contributed by atoms with Gasteiger partial charge in [0.15, 0.2) is 0 Å². The summed E-state index contributed by atoms with van der Waals surface area (Å²) in [5, 5.41) is 0. The average molecular weight is 228 g/mol. The van der Waals surface area contributed by atoms with Gasteiger partial charge in [0.25, 0.3) is 0 Å². The summed E-state index contributed by atoms with van der Waals surface area (Å²) in [4.78, 5) is 0. The highest BCUT2D eigenvalue weighted by Gasteiger charge is 1.85. The molecule has 0 fully saturated rings. The lowest BCUT2D eigenvalue weighted by Gasteiger charge is -1.95. The SMILES string of the molecule is C=C(C)C=CCC(C)C.C=Cc1ccccc1. The Morgan fingerprint density at radius 3 is 2.18 bits per heavy atom. The molecule has 0 unspecified atom stereocenters. The number of rotatable bonds is 4. The van der Waals surface area contributed by atoms with Crippen LogP contribution >= 0.6 is 0 Å². The van der Waals surface area contributed by atoms with Crippen molar-refractivity contribution >= 4 is 6.08 Å². The summed E-state index contributed by atoms with van der Waals surface area (Å²) >= 11 is 0. The third kappa shape index (κ3) is 10.7. The van der Waals surface area contributed by atoms with E-state index >= 15 is 0 Å². The molecule has 0 bridgehead atoms. The maximum Gasteiger partial charge on any atom is -0.0263 e. The van der Waals surface area contributed by atoms with Crippen LogP contribution in [0.15, 0.2) is 61.2 Å². The standard InChI is InChI=1S/C9H16.C8H8/c1-8(2)6-5-7-9(3)4;1-2-8-6-4-3-5-7-8/h5-6,9H,1,7H2,2-4H3;2-7H,1H2. The van der Waals surface area contributed by atoms with Gasteiger partial charge in [-0.3, -0.25) is 0 Å².